The Kier molecular flexibility index (Phi) is 6.00. The molecule has 0 amide bonds. The van der Waals surface area contributed by atoms with Gasteiger partial charge >= 0.3 is 0 Å². The fourth-order valence-electron chi connectivity index (χ4n) is 1.97. The molecular weight excluding hydrogens is 278 g/mol. The first-order valence-corrected chi connectivity index (χ1v) is 7.05. The van der Waals surface area contributed by atoms with E-state index < -0.39 is 0 Å². The summed E-state index contributed by atoms with van der Waals surface area (Å²) in [6, 6.07) is 6.55. The van der Waals surface area contributed by atoms with E-state index in [4.69, 9.17) is 4.74 Å². The van der Waals surface area contributed by atoms with Crippen molar-refractivity contribution in [3.05, 3.63) is 28.2 Å². The molecule has 0 aliphatic carbocycles. The molecule has 0 saturated carbocycles. The third kappa shape index (κ3) is 4.00. The molecule has 0 fully saturated rings. The second kappa shape index (κ2) is 7.02. The van der Waals surface area contributed by atoms with Gasteiger partial charge in [0, 0.05) is 16.1 Å². The quantitative estimate of drug-likeness (QED) is 0.852. The van der Waals surface area contributed by atoms with Gasteiger partial charge in [0.25, 0.3) is 0 Å². The summed E-state index contributed by atoms with van der Waals surface area (Å²) in [7, 11) is 0. The highest BCUT2D eigenvalue weighted by atomic mass is 79.9. The van der Waals surface area contributed by atoms with Gasteiger partial charge < -0.3 is 10.1 Å². The largest absolute Gasteiger partial charge is 0.494 e. The predicted molar refractivity (Wildman–Crippen MR) is 76.6 cm³/mol. The highest BCUT2D eigenvalue weighted by molar-refractivity contribution is 9.10. The highest BCUT2D eigenvalue weighted by Crippen LogP contribution is 2.32. The summed E-state index contributed by atoms with van der Waals surface area (Å²) in [4.78, 5) is 0. The van der Waals surface area contributed by atoms with Crippen molar-refractivity contribution in [3.63, 3.8) is 0 Å². The standard InChI is InChI=1S/C14H22BrNO/c1-5-16-14(10(3)4)12-9-11(15)7-8-13(12)17-6-2/h7-10,14,16H,5-6H2,1-4H3. The lowest BCUT2D eigenvalue weighted by Crippen LogP contribution is -2.26. The minimum absolute atomic E-state index is 0.332. The van der Waals surface area contributed by atoms with E-state index in [0.717, 1.165) is 16.8 Å². The van der Waals surface area contributed by atoms with Crippen LogP contribution in [0.1, 0.15) is 39.3 Å². The summed E-state index contributed by atoms with van der Waals surface area (Å²) >= 11 is 3.53. The molecule has 3 heteroatoms. The summed E-state index contributed by atoms with van der Waals surface area (Å²) in [6.45, 7) is 10.3. The van der Waals surface area contributed by atoms with E-state index in [0.29, 0.717) is 18.6 Å². The van der Waals surface area contributed by atoms with Crippen molar-refractivity contribution in [1.82, 2.24) is 5.32 Å². The first-order chi connectivity index (χ1) is 8.10. The fraction of sp³-hybridized carbons (Fsp3) is 0.571. The molecule has 2 nitrogen and oxygen atoms in total. The molecule has 0 aromatic heterocycles. The number of halogens is 1. The third-order valence-corrected chi connectivity index (χ3v) is 3.19. The van der Waals surface area contributed by atoms with Gasteiger partial charge in [0.15, 0.2) is 0 Å². The van der Waals surface area contributed by atoms with Gasteiger partial charge in [-0.25, -0.2) is 0 Å². The summed E-state index contributed by atoms with van der Waals surface area (Å²) in [6.07, 6.45) is 0. The lowest BCUT2D eigenvalue weighted by Gasteiger charge is -2.24. The number of ether oxygens (including phenoxy) is 1. The second-order valence-corrected chi connectivity index (χ2v) is 5.31. The van der Waals surface area contributed by atoms with Crippen LogP contribution in [0.25, 0.3) is 0 Å². The van der Waals surface area contributed by atoms with Crippen molar-refractivity contribution in [2.75, 3.05) is 13.2 Å². The topological polar surface area (TPSA) is 21.3 Å². The molecule has 96 valence electrons. The zero-order valence-corrected chi connectivity index (χ0v) is 12.7. The zero-order chi connectivity index (χ0) is 12.8. The molecular formula is C14H22BrNO. The average Bonchev–Trinajstić information content (AvgIpc) is 2.28. The third-order valence-electron chi connectivity index (χ3n) is 2.70. The number of benzene rings is 1. The molecule has 0 aliphatic heterocycles. The van der Waals surface area contributed by atoms with Gasteiger partial charge in [0.1, 0.15) is 5.75 Å². The molecule has 0 aliphatic rings. The van der Waals surface area contributed by atoms with Crippen molar-refractivity contribution >= 4 is 15.9 Å². The van der Waals surface area contributed by atoms with E-state index in [9.17, 15) is 0 Å². The van der Waals surface area contributed by atoms with Gasteiger partial charge in [-0.15, -0.1) is 0 Å². The van der Waals surface area contributed by atoms with E-state index in [1.807, 2.05) is 19.1 Å². The van der Waals surface area contributed by atoms with Crippen LogP contribution < -0.4 is 10.1 Å². The molecule has 1 N–H and O–H groups in total. The minimum atomic E-state index is 0.332. The highest BCUT2D eigenvalue weighted by Gasteiger charge is 2.19. The maximum Gasteiger partial charge on any atom is 0.124 e. The van der Waals surface area contributed by atoms with E-state index in [-0.39, 0.29) is 0 Å². The second-order valence-electron chi connectivity index (χ2n) is 4.39. The first-order valence-electron chi connectivity index (χ1n) is 6.25. The van der Waals surface area contributed by atoms with Crippen LogP contribution >= 0.6 is 15.9 Å². The lowest BCUT2D eigenvalue weighted by molar-refractivity contribution is 0.323. The first kappa shape index (κ1) is 14.5. The Morgan fingerprint density at radius 3 is 2.53 bits per heavy atom. The SMILES string of the molecule is CCNC(c1cc(Br)ccc1OCC)C(C)C. The number of hydrogen-bond donors (Lipinski definition) is 1. The van der Waals surface area contributed by atoms with Crippen LogP contribution in [-0.2, 0) is 0 Å². The number of nitrogens with one attached hydrogen (secondary N) is 1. The van der Waals surface area contributed by atoms with Crippen molar-refractivity contribution < 1.29 is 4.74 Å². The summed E-state index contributed by atoms with van der Waals surface area (Å²) in [5.74, 6) is 1.51. The van der Waals surface area contributed by atoms with Crippen molar-refractivity contribution in [3.8, 4) is 5.75 Å². The molecule has 1 rings (SSSR count). The van der Waals surface area contributed by atoms with Crippen molar-refractivity contribution in [2.45, 2.75) is 33.7 Å². The van der Waals surface area contributed by atoms with Crippen molar-refractivity contribution in [2.24, 2.45) is 5.92 Å². The lowest BCUT2D eigenvalue weighted by atomic mass is 9.95. The zero-order valence-electron chi connectivity index (χ0n) is 11.1. The molecule has 1 unspecified atom stereocenters. The Labute approximate surface area is 113 Å². The summed E-state index contributed by atoms with van der Waals surface area (Å²) in [5, 5.41) is 3.52. The van der Waals surface area contributed by atoms with Gasteiger partial charge in [-0.3, -0.25) is 0 Å². The number of rotatable bonds is 6. The van der Waals surface area contributed by atoms with E-state index >= 15 is 0 Å². The normalized spacial score (nSPS) is 12.8. The van der Waals surface area contributed by atoms with Crippen molar-refractivity contribution in [1.29, 1.82) is 0 Å². The summed E-state index contributed by atoms with van der Waals surface area (Å²) in [5.41, 5.74) is 1.23. The van der Waals surface area contributed by atoms with Gasteiger partial charge in [-0.2, -0.15) is 0 Å². The van der Waals surface area contributed by atoms with Crippen LogP contribution in [-0.4, -0.2) is 13.2 Å². The Hall–Kier alpha value is -0.540. The van der Waals surface area contributed by atoms with Gasteiger partial charge in [0.05, 0.1) is 6.61 Å². The summed E-state index contributed by atoms with van der Waals surface area (Å²) < 4.78 is 6.81. The Morgan fingerprint density at radius 2 is 2.00 bits per heavy atom. The maximum absolute atomic E-state index is 5.71. The smallest absolute Gasteiger partial charge is 0.124 e. The van der Waals surface area contributed by atoms with Crippen LogP contribution in [0, 0.1) is 5.92 Å². The fourth-order valence-corrected chi connectivity index (χ4v) is 2.35. The molecule has 17 heavy (non-hydrogen) atoms. The minimum Gasteiger partial charge on any atom is -0.494 e. The molecule has 1 aromatic carbocycles. The Bertz CT molecular complexity index is 352. The van der Waals surface area contributed by atoms with Crippen LogP contribution in [0.15, 0.2) is 22.7 Å². The van der Waals surface area contributed by atoms with Crippen LogP contribution in [0.5, 0.6) is 5.75 Å². The average molecular weight is 300 g/mol. The Balaban J connectivity index is 3.09. The Morgan fingerprint density at radius 1 is 1.29 bits per heavy atom. The monoisotopic (exact) mass is 299 g/mol. The predicted octanol–water partition coefficient (Wildman–Crippen LogP) is 4.15. The van der Waals surface area contributed by atoms with E-state index in [1.54, 1.807) is 0 Å². The van der Waals surface area contributed by atoms with Crippen LogP contribution in [0.2, 0.25) is 0 Å². The van der Waals surface area contributed by atoms with Gasteiger partial charge in [-0.1, -0.05) is 36.7 Å². The molecule has 1 aromatic rings. The number of hydrogen-bond acceptors (Lipinski definition) is 2. The molecule has 0 heterocycles. The molecule has 0 radical (unpaired) electrons. The van der Waals surface area contributed by atoms with Gasteiger partial charge in [-0.05, 0) is 37.6 Å². The van der Waals surface area contributed by atoms with Gasteiger partial charge in [0.2, 0.25) is 0 Å². The molecule has 0 saturated heterocycles. The maximum atomic E-state index is 5.71. The van der Waals surface area contributed by atoms with E-state index in [2.05, 4.69) is 48.1 Å². The van der Waals surface area contributed by atoms with Crippen LogP contribution in [0.3, 0.4) is 0 Å². The molecule has 0 bridgehead atoms. The molecule has 0 spiro atoms. The molecule has 1 atom stereocenters. The van der Waals surface area contributed by atoms with E-state index in [1.165, 1.54) is 5.56 Å². The van der Waals surface area contributed by atoms with Crippen LogP contribution in [0.4, 0.5) is 0 Å².